The molecule has 0 amide bonds. The highest BCUT2D eigenvalue weighted by Gasteiger charge is 2.23. The Labute approximate surface area is 65.8 Å². The van der Waals surface area contributed by atoms with E-state index >= 15 is 0 Å². The summed E-state index contributed by atoms with van der Waals surface area (Å²) in [5.74, 6) is 1.63. The van der Waals surface area contributed by atoms with Crippen LogP contribution in [0, 0.1) is 0 Å². The van der Waals surface area contributed by atoms with Crippen LogP contribution in [-0.2, 0) is 0 Å². The maximum Gasteiger partial charge on any atom is 0.148 e. The topological polar surface area (TPSA) is 37.8 Å². The third kappa shape index (κ3) is 1.31. The molecule has 11 heavy (non-hydrogen) atoms. The first kappa shape index (κ1) is 6.58. The predicted molar refractivity (Wildman–Crippen MR) is 43.6 cm³/mol. The van der Waals surface area contributed by atoms with Gasteiger partial charge in [0.15, 0.2) is 0 Å². The molecule has 0 aromatic carbocycles. The van der Waals surface area contributed by atoms with E-state index in [-0.39, 0.29) is 0 Å². The lowest BCUT2D eigenvalue weighted by atomic mass is 10.2. The van der Waals surface area contributed by atoms with Crippen molar-refractivity contribution in [3.63, 3.8) is 0 Å². The number of aromatic nitrogens is 2. The van der Waals surface area contributed by atoms with Crippen LogP contribution >= 0.6 is 0 Å². The monoisotopic (exact) mass is 149 g/mol. The first-order valence-corrected chi connectivity index (χ1v) is 3.90. The minimum atomic E-state index is 0.762. The van der Waals surface area contributed by atoms with E-state index in [1.807, 2.05) is 13.2 Å². The van der Waals surface area contributed by atoms with Gasteiger partial charge in [0, 0.05) is 7.05 Å². The van der Waals surface area contributed by atoms with Gasteiger partial charge in [0.05, 0.1) is 6.20 Å². The van der Waals surface area contributed by atoms with Gasteiger partial charge in [-0.05, 0) is 30.4 Å². The van der Waals surface area contributed by atoms with Crippen LogP contribution in [0.5, 0.6) is 0 Å². The average molecular weight is 149 g/mol. The maximum absolute atomic E-state index is 3.91. The van der Waals surface area contributed by atoms with Gasteiger partial charge in [-0.15, -0.1) is 5.10 Å². The summed E-state index contributed by atoms with van der Waals surface area (Å²) in [6.07, 6.45) is 4.49. The van der Waals surface area contributed by atoms with E-state index in [1.165, 1.54) is 18.4 Å². The number of anilines is 1. The largest absolute Gasteiger partial charge is 0.372 e. The molecule has 0 aliphatic heterocycles. The van der Waals surface area contributed by atoms with Crippen LogP contribution in [0.25, 0.3) is 0 Å². The van der Waals surface area contributed by atoms with Crippen molar-refractivity contribution in [2.75, 3.05) is 12.4 Å². The van der Waals surface area contributed by atoms with Crippen molar-refractivity contribution in [3.05, 3.63) is 17.8 Å². The van der Waals surface area contributed by atoms with Gasteiger partial charge in [-0.2, -0.15) is 5.10 Å². The van der Waals surface area contributed by atoms with Gasteiger partial charge in [0.1, 0.15) is 5.82 Å². The molecule has 1 aliphatic carbocycles. The summed E-state index contributed by atoms with van der Waals surface area (Å²) in [7, 11) is 1.86. The van der Waals surface area contributed by atoms with Gasteiger partial charge in [-0.25, -0.2) is 0 Å². The third-order valence-electron chi connectivity index (χ3n) is 1.98. The van der Waals surface area contributed by atoms with Crippen molar-refractivity contribution >= 4 is 5.82 Å². The van der Waals surface area contributed by atoms with E-state index in [4.69, 9.17) is 0 Å². The van der Waals surface area contributed by atoms with E-state index in [0.29, 0.717) is 0 Å². The summed E-state index contributed by atoms with van der Waals surface area (Å²) < 4.78 is 0. The van der Waals surface area contributed by atoms with E-state index in [0.717, 1.165) is 11.7 Å². The molecule has 58 valence electrons. The highest BCUT2D eigenvalue weighted by atomic mass is 15.2. The van der Waals surface area contributed by atoms with Crippen LogP contribution in [0.15, 0.2) is 12.3 Å². The zero-order chi connectivity index (χ0) is 7.68. The van der Waals surface area contributed by atoms with E-state index in [2.05, 4.69) is 21.6 Å². The summed E-state index contributed by atoms with van der Waals surface area (Å²) in [5.41, 5.74) is 1.32. The van der Waals surface area contributed by atoms with Crippen molar-refractivity contribution < 1.29 is 0 Å². The molecule has 1 aromatic rings. The standard InChI is InChI=1S/C8H11N3/c1-9-8-4-7(5-10-11-8)6-2-3-6/h4-6H,2-3H2,1H3,(H,9,11). The fourth-order valence-corrected chi connectivity index (χ4v) is 1.14. The van der Waals surface area contributed by atoms with E-state index in [1.54, 1.807) is 0 Å². The summed E-state index contributed by atoms with van der Waals surface area (Å²) >= 11 is 0. The molecule has 0 unspecified atom stereocenters. The molecular formula is C8H11N3. The number of nitrogens with one attached hydrogen (secondary N) is 1. The molecular weight excluding hydrogens is 138 g/mol. The molecule has 1 heterocycles. The van der Waals surface area contributed by atoms with Crippen LogP contribution in [-0.4, -0.2) is 17.2 Å². The third-order valence-corrected chi connectivity index (χ3v) is 1.98. The van der Waals surface area contributed by atoms with Gasteiger partial charge in [-0.3, -0.25) is 0 Å². The molecule has 1 saturated carbocycles. The Bertz CT molecular complexity index is 255. The highest BCUT2D eigenvalue weighted by Crippen LogP contribution is 2.39. The first-order valence-electron chi connectivity index (χ1n) is 3.90. The molecule has 3 nitrogen and oxygen atoms in total. The highest BCUT2D eigenvalue weighted by molar-refractivity contribution is 5.37. The van der Waals surface area contributed by atoms with Crippen LogP contribution < -0.4 is 5.32 Å². The van der Waals surface area contributed by atoms with E-state index < -0.39 is 0 Å². The molecule has 0 atom stereocenters. The van der Waals surface area contributed by atoms with E-state index in [9.17, 15) is 0 Å². The molecule has 1 N–H and O–H groups in total. The molecule has 0 saturated heterocycles. The molecule has 1 fully saturated rings. The van der Waals surface area contributed by atoms with Crippen LogP contribution in [0.3, 0.4) is 0 Å². The normalized spacial score (nSPS) is 16.5. The summed E-state index contributed by atoms with van der Waals surface area (Å²) in [6, 6.07) is 2.07. The Morgan fingerprint density at radius 3 is 3.00 bits per heavy atom. The Morgan fingerprint density at radius 2 is 2.36 bits per heavy atom. The number of nitrogens with zero attached hydrogens (tertiary/aromatic N) is 2. The van der Waals surface area contributed by atoms with Crippen LogP contribution in [0.1, 0.15) is 24.3 Å². The van der Waals surface area contributed by atoms with Gasteiger partial charge in [0.2, 0.25) is 0 Å². The van der Waals surface area contributed by atoms with Crippen molar-refractivity contribution in [1.29, 1.82) is 0 Å². The second kappa shape index (κ2) is 2.49. The zero-order valence-corrected chi connectivity index (χ0v) is 6.54. The second-order valence-electron chi connectivity index (χ2n) is 2.90. The fraction of sp³-hybridized carbons (Fsp3) is 0.500. The van der Waals surface area contributed by atoms with Crippen molar-refractivity contribution in [2.24, 2.45) is 0 Å². The van der Waals surface area contributed by atoms with Gasteiger partial charge in [0.25, 0.3) is 0 Å². The Morgan fingerprint density at radius 1 is 1.55 bits per heavy atom. The number of rotatable bonds is 2. The molecule has 0 spiro atoms. The first-order chi connectivity index (χ1) is 5.40. The summed E-state index contributed by atoms with van der Waals surface area (Å²) in [6.45, 7) is 0. The molecule has 0 radical (unpaired) electrons. The quantitative estimate of drug-likeness (QED) is 0.690. The van der Waals surface area contributed by atoms with Gasteiger partial charge < -0.3 is 5.32 Å². The number of hydrogen-bond acceptors (Lipinski definition) is 3. The average Bonchev–Trinajstić information content (AvgIpc) is 2.87. The summed E-state index contributed by atoms with van der Waals surface area (Å²) in [5, 5.41) is 10.8. The Kier molecular flexibility index (Phi) is 1.49. The Hall–Kier alpha value is -1.12. The zero-order valence-electron chi connectivity index (χ0n) is 6.54. The van der Waals surface area contributed by atoms with Gasteiger partial charge in [-0.1, -0.05) is 0 Å². The Balaban J connectivity index is 2.26. The van der Waals surface area contributed by atoms with Crippen LogP contribution in [0.4, 0.5) is 5.82 Å². The molecule has 2 rings (SSSR count). The molecule has 0 bridgehead atoms. The minimum absolute atomic E-state index is 0.762. The van der Waals surface area contributed by atoms with Crippen molar-refractivity contribution in [1.82, 2.24) is 10.2 Å². The minimum Gasteiger partial charge on any atom is -0.372 e. The lowest BCUT2D eigenvalue weighted by Crippen LogP contribution is -1.95. The molecule has 3 heteroatoms. The van der Waals surface area contributed by atoms with Crippen molar-refractivity contribution in [2.45, 2.75) is 18.8 Å². The maximum atomic E-state index is 3.91. The SMILES string of the molecule is CNc1cc(C2CC2)cnn1. The van der Waals surface area contributed by atoms with Crippen molar-refractivity contribution in [3.8, 4) is 0 Å². The summed E-state index contributed by atoms with van der Waals surface area (Å²) in [4.78, 5) is 0. The predicted octanol–water partition coefficient (Wildman–Crippen LogP) is 1.40. The smallest absolute Gasteiger partial charge is 0.148 e. The fourth-order valence-electron chi connectivity index (χ4n) is 1.14. The lowest BCUT2D eigenvalue weighted by molar-refractivity contribution is 0.980. The lowest BCUT2D eigenvalue weighted by Gasteiger charge is -1.99. The number of hydrogen-bond donors (Lipinski definition) is 1. The van der Waals surface area contributed by atoms with Gasteiger partial charge >= 0.3 is 0 Å². The molecule has 1 aromatic heterocycles. The molecule has 1 aliphatic rings. The van der Waals surface area contributed by atoms with Crippen LogP contribution in [0.2, 0.25) is 0 Å². The second-order valence-corrected chi connectivity index (χ2v) is 2.90.